The lowest BCUT2D eigenvalue weighted by Crippen LogP contribution is -2.40. The summed E-state index contributed by atoms with van der Waals surface area (Å²) in [5.74, 6) is -0.349. The van der Waals surface area contributed by atoms with Crippen LogP contribution in [0.5, 0.6) is 0 Å². The molecule has 2 heterocycles. The second kappa shape index (κ2) is 8.93. The Hall–Kier alpha value is -2.13. The van der Waals surface area contributed by atoms with E-state index in [9.17, 15) is 13.2 Å². The fourth-order valence-corrected chi connectivity index (χ4v) is 5.32. The van der Waals surface area contributed by atoms with Crippen LogP contribution >= 0.6 is 11.6 Å². The van der Waals surface area contributed by atoms with Gasteiger partial charge in [-0.25, -0.2) is 8.42 Å². The Bertz CT molecular complexity index is 1020. The highest BCUT2D eigenvalue weighted by molar-refractivity contribution is 7.89. The first-order valence-corrected chi connectivity index (χ1v) is 11.8. The Morgan fingerprint density at radius 3 is 2.30 bits per heavy atom. The van der Waals surface area contributed by atoms with Gasteiger partial charge in [-0.3, -0.25) is 4.79 Å². The quantitative estimate of drug-likeness (QED) is 0.758. The molecule has 4 rings (SSSR count). The standard InChI is InChI=1S/C21H24ClN3O4S/c22-16-3-5-17(6-4-16)23-21(26)19-15-18(7-8-20(19)24-9-1-2-10-24)30(27,28)25-11-13-29-14-12-25/h3-8,15H,1-2,9-14H2,(H,23,26). The number of anilines is 2. The molecule has 0 saturated carbocycles. The summed E-state index contributed by atoms with van der Waals surface area (Å²) in [6.45, 7) is 3.04. The van der Waals surface area contributed by atoms with Crippen molar-refractivity contribution < 1.29 is 17.9 Å². The normalized spacial score (nSPS) is 17.8. The van der Waals surface area contributed by atoms with Gasteiger partial charge in [-0.1, -0.05) is 11.6 Å². The number of nitrogens with zero attached hydrogens (tertiary/aromatic N) is 2. The van der Waals surface area contributed by atoms with Crippen molar-refractivity contribution in [3.63, 3.8) is 0 Å². The maximum atomic E-state index is 13.1. The number of hydrogen-bond donors (Lipinski definition) is 1. The van der Waals surface area contributed by atoms with Crippen molar-refractivity contribution in [2.24, 2.45) is 0 Å². The number of sulfonamides is 1. The average Bonchev–Trinajstić information content (AvgIpc) is 3.30. The summed E-state index contributed by atoms with van der Waals surface area (Å²) in [6.07, 6.45) is 2.10. The molecule has 0 unspecified atom stereocenters. The molecule has 2 aromatic carbocycles. The third-order valence-electron chi connectivity index (χ3n) is 5.37. The fraction of sp³-hybridized carbons (Fsp3) is 0.381. The van der Waals surface area contributed by atoms with Gasteiger partial charge in [-0.05, 0) is 55.3 Å². The lowest BCUT2D eigenvalue weighted by Gasteiger charge is -2.27. The van der Waals surface area contributed by atoms with E-state index in [2.05, 4.69) is 10.2 Å². The van der Waals surface area contributed by atoms with Crippen molar-refractivity contribution >= 4 is 38.9 Å². The predicted molar refractivity (Wildman–Crippen MR) is 117 cm³/mol. The van der Waals surface area contributed by atoms with Gasteiger partial charge in [0.25, 0.3) is 5.91 Å². The smallest absolute Gasteiger partial charge is 0.257 e. The molecule has 0 bridgehead atoms. The van der Waals surface area contributed by atoms with Crippen molar-refractivity contribution in [3.8, 4) is 0 Å². The largest absolute Gasteiger partial charge is 0.379 e. The lowest BCUT2D eigenvalue weighted by molar-refractivity contribution is 0.0730. The zero-order chi connectivity index (χ0) is 21.1. The lowest BCUT2D eigenvalue weighted by atomic mass is 10.1. The Labute approximate surface area is 181 Å². The van der Waals surface area contributed by atoms with Crippen molar-refractivity contribution in [1.82, 2.24) is 4.31 Å². The Morgan fingerprint density at radius 1 is 0.967 bits per heavy atom. The molecule has 2 aromatic rings. The molecular weight excluding hydrogens is 426 g/mol. The molecule has 1 amide bonds. The summed E-state index contributed by atoms with van der Waals surface area (Å²) < 4.78 is 32.9. The first kappa shape index (κ1) is 21.1. The highest BCUT2D eigenvalue weighted by atomic mass is 35.5. The molecule has 0 radical (unpaired) electrons. The van der Waals surface area contributed by atoms with Crippen LogP contribution in [0.2, 0.25) is 5.02 Å². The van der Waals surface area contributed by atoms with Gasteiger partial charge in [0.2, 0.25) is 10.0 Å². The van der Waals surface area contributed by atoms with Crippen LogP contribution < -0.4 is 10.2 Å². The van der Waals surface area contributed by atoms with Gasteiger partial charge in [-0.2, -0.15) is 4.31 Å². The van der Waals surface area contributed by atoms with Crippen molar-refractivity contribution in [2.75, 3.05) is 49.6 Å². The number of nitrogens with one attached hydrogen (secondary N) is 1. The molecule has 2 aliphatic heterocycles. The molecule has 0 aromatic heterocycles. The number of amides is 1. The minimum Gasteiger partial charge on any atom is -0.379 e. The van der Waals surface area contributed by atoms with E-state index >= 15 is 0 Å². The van der Waals surface area contributed by atoms with E-state index in [1.807, 2.05) is 0 Å². The molecule has 7 nitrogen and oxygen atoms in total. The molecule has 0 atom stereocenters. The Kier molecular flexibility index (Phi) is 6.29. The van der Waals surface area contributed by atoms with Crippen LogP contribution in [0.3, 0.4) is 0 Å². The number of carbonyl (C=O) groups excluding carboxylic acids is 1. The molecule has 30 heavy (non-hydrogen) atoms. The summed E-state index contributed by atoms with van der Waals surface area (Å²) in [4.78, 5) is 15.4. The molecule has 0 spiro atoms. The van der Waals surface area contributed by atoms with Gasteiger partial charge >= 0.3 is 0 Å². The van der Waals surface area contributed by atoms with E-state index < -0.39 is 10.0 Å². The third kappa shape index (κ3) is 4.46. The molecule has 2 aliphatic rings. The molecule has 1 N–H and O–H groups in total. The molecule has 9 heteroatoms. The molecule has 2 fully saturated rings. The monoisotopic (exact) mass is 449 g/mol. The van der Waals surface area contributed by atoms with Gasteiger partial charge in [0.05, 0.1) is 23.7 Å². The topological polar surface area (TPSA) is 79.0 Å². The first-order chi connectivity index (χ1) is 14.4. The van der Waals surface area contributed by atoms with Gasteiger partial charge in [-0.15, -0.1) is 0 Å². The summed E-state index contributed by atoms with van der Waals surface area (Å²) in [5, 5.41) is 3.43. The van der Waals surface area contributed by atoms with Gasteiger partial charge in [0, 0.05) is 42.6 Å². The van der Waals surface area contributed by atoms with Crippen molar-refractivity contribution in [3.05, 3.63) is 53.1 Å². The second-order valence-corrected chi connectivity index (χ2v) is 9.72. The number of morpholine rings is 1. The van der Waals surface area contributed by atoms with Crippen LogP contribution in [0.4, 0.5) is 11.4 Å². The average molecular weight is 450 g/mol. The minimum atomic E-state index is -3.70. The molecular formula is C21H24ClN3O4S. The summed E-state index contributed by atoms with van der Waals surface area (Å²) in [6, 6.07) is 11.6. The van der Waals surface area contributed by atoms with E-state index in [-0.39, 0.29) is 10.8 Å². The van der Waals surface area contributed by atoms with Gasteiger partial charge in [0.1, 0.15) is 0 Å². The number of ether oxygens (including phenoxy) is 1. The van der Waals surface area contributed by atoms with E-state index in [1.54, 1.807) is 36.4 Å². The number of rotatable bonds is 5. The van der Waals surface area contributed by atoms with Crippen LogP contribution in [0, 0.1) is 0 Å². The van der Waals surface area contributed by atoms with E-state index in [0.29, 0.717) is 42.6 Å². The first-order valence-electron chi connectivity index (χ1n) is 9.99. The number of carbonyl (C=O) groups is 1. The molecule has 0 aliphatic carbocycles. The van der Waals surface area contributed by atoms with Gasteiger partial charge < -0.3 is 15.0 Å². The van der Waals surface area contributed by atoms with Crippen LogP contribution in [-0.2, 0) is 14.8 Å². The molecule has 160 valence electrons. The highest BCUT2D eigenvalue weighted by Crippen LogP contribution is 2.29. The van der Waals surface area contributed by atoms with Crippen molar-refractivity contribution in [2.45, 2.75) is 17.7 Å². The highest BCUT2D eigenvalue weighted by Gasteiger charge is 2.29. The zero-order valence-corrected chi connectivity index (χ0v) is 18.1. The van der Waals surface area contributed by atoms with E-state index in [0.717, 1.165) is 31.6 Å². The minimum absolute atomic E-state index is 0.119. The SMILES string of the molecule is O=C(Nc1ccc(Cl)cc1)c1cc(S(=O)(=O)N2CCOCC2)ccc1N1CCCC1. The Morgan fingerprint density at radius 2 is 1.63 bits per heavy atom. The second-order valence-electron chi connectivity index (χ2n) is 7.35. The molecule has 2 saturated heterocycles. The van der Waals surface area contributed by atoms with Crippen LogP contribution in [0.25, 0.3) is 0 Å². The predicted octanol–water partition coefficient (Wildman–Crippen LogP) is 3.21. The van der Waals surface area contributed by atoms with Gasteiger partial charge in [0.15, 0.2) is 0 Å². The number of halogens is 1. The summed E-state index contributed by atoms with van der Waals surface area (Å²) in [5.41, 5.74) is 1.69. The number of hydrogen-bond acceptors (Lipinski definition) is 5. The number of benzene rings is 2. The zero-order valence-electron chi connectivity index (χ0n) is 16.5. The van der Waals surface area contributed by atoms with Crippen LogP contribution in [0.1, 0.15) is 23.2 Å². The fourth-order valence-electron chi connectivity index (χ4n) is 3.76. The van der Waals surface area contributed by atoms with E-state index in [1.165, 1.54) is 10.4 Å². The maximum absolute atomic E-state index is 13.1. The summed E-state index contributed by atoms with van der Waals surface area (Å²) >= 11 is 5.92. The maximum Gasteiger partial charge on any atom is 0.257 e. The van der Waals surface area contributed by atoms with E-state index in [4.69, 9.17) is 16.3 Å². The van der Waals surface area contributed by atoms with Crippen molar-refractivity contribution in [1.29, 1.82) is 0 Å². The van der Waals surface area contributed by atoms with Crippen LogP contribution in [0.15, 0.2) is 47.4 Å². The summed E-state index contributed by atoms with van der Waals surface area (Å²) in [7, 11) is -3.70. The Balaban J connectivity index is 1.68. The third-order valence-corrected chi connectivity index (χ3v) is 7.52. The van der Waals surface area contributed by atoms with Crippen LogP contribution in [-0.4, -0.2) is 58.0 Å².